The first-order valence-corrected chi connectivity index (χ1v) is 9.11. The molecule has 26 heavy (non-hydrogen) atoms. The highest BCUT2D eigenvalue weighted by molar-refractivity contribution is 7.98. The van der Waals surface area contributed by atoms with Gasteiger partial charge in [-0.15, -0.1) is 11.8 Å². The van der Waals surface area contributed by atoms with Gasteiger partial charge in [-0.3, -0.25) is 4.79 Å². The molecule has 0 bridgehead atoms. The Labute approximate surface area is 153 Å². The molecule has 0 spiro atoms. The number of rotatable bonds is 4. The van der Waals surface area contributed by atoms with Crippen LogP contribution in [0.3, 0.4) is 0 Å². The molecule has 136 valence electrons. The normalized spacial score (nSPS) is 11.7. The number of nitrogens with one attached hydrogen (secondary N) is 1. The molecule has 0 unspecified atom stereocenters. The molecule has 1 aromatic heterocycles. The monoisotopic (exact) mass is 378 g/mol. The van der Waals surface area contributed by atoms with Crippen molar-refractivity contribution in [1.82, 2.24) is 4.57 Å². The SMILES string of the molecule is CSc1c(CC(=O)Nc2cccc(C(F)(F)F)c2)n(C)c2ccccc12. The van der Waals surface area contributed by atoms with Gasteiger partial charge < -0.3 is 9.88 Å². The van der Waals surface area contributed by atoms with Crippen molar-refractivity contribution in [2.45, 2.75) is 17.5 Å². The van der Waals surface area contributed by atoms with Crippen LogP contribution >= 0.6 is 11.8 Å². The fourth-order valence-electron chi connectivity index (χ4n) is 2.97. The molecule has 0 aliphatic rings. The third-order valence-electron chi connectivity index (χ3n) is 4.18. The lowest BCUT2D eigenvalue weighted by atomic mass is 10.2. The Morgan fingerprint density at radius 1 is 1.15 bits per heavy atom. The highest BCUT2D eigenvalue weighted by atomic mass is 32.2. The van der Waals surface area contributed by atoms with Gasteiger partial charge in [-0.1, -0.05) is 24.3 Å². The summed E-state index contributed by atoms with van der Waals surface area (Å²) in [5, 5.41) is 3.62. The minimum absolute atomic E-state index is 0.0810. The maximum Gasteiger partial charge on any atom is 0.416 e. The number of carbonyl (C=O) groups is 1. The summed E-state index contributed by atoms with van der Waals surface area (Å²) in [7, 11) is 1.88. The summed E-state index contributed by atoms with van der Waals surface area (Å²) in [5.74, 6) is -0.356. The Morgan fingerprint density at radius 3 is 2.58 bits per heavy atom. The predicted molar refractivity (Wildman–Crippen MR) is 98.5 cm³/mol. The average Bonchev–Trinajstić information content (AvgIpc) is 2.86. The van der Waals surface area contributed by atoms with E-state index in [0.29, 0.717) is 0 Å². The van der Waals surface area contributed by atoms with Gasteiger partial charge >= 0.3 is 6.18 Å². The number of aryl methyl sites for hydroxylation is 1. The van der Waals surface area contributed by atoms with E-state index < -0.39 is 11.7 Å². The summed E-state index contributed by atoms with van der Waals surface area (Å²) in [5.41, 5.74) is 1.20. The smallest absolute Gasteiger partial charge is 0.346 e. The van der Waals surface area contributed by atoms with E-state index in [1.165, 1.54) is 12.1 Å². The van der Waals surface area contributed by atoms with E-state index >= 15 is 0 Å². The number of hydrogen-bond donors (Lipinski definition) is 1. The molecule has 3 rings (SSSR count). The lowest BCUT2D eigenvalue weighted by Crippen LogP contribution is -2.17. The van der Waals surface area contributed by atoms with E-state index in [2.05, 4.69) is 5.32 Å². The van der Waals surface area contributed by atoms with Crippen LogP contribution in [0.5, 0.6) is 0 Å². The van der Waals surface area contributed by atoms with Gasteiger partial charge in [0, 0.05) is 34.2 Å². The molecule has 2 aromatic carbocycles. The largest absolute Gasteiger partial charge is 0.416 e. The molecule has 1 N–H and O–H groups in total. The molecule has 1 heterocycles. The molecule has 0 atom stereocenters. The molecular formula is C19H17F3N2OS. The third kappa shape index (κ3) is 3.58. The number of hydrogen-bond acceptors (Lipinski definition) is 2. The number of fused-ring (bicyclic) bond motifs is 1. The number of benzene rings is 2. The number of nitrogens with zero attached hydrogens (tertiary/aromatic N) is 1. The van der Waals surface area contributed by atoms with Crippen molar-refractivity contribution in [1.29, 1.82) is 0 Å². The zero-order valence-electron chi connectivity index (χ0n) is 14.2. The number of anilines is 1. The first-order valence-electron chi connectivity index (χ1n) is 7.88. The summed E-state index contributed by atoms with van der Waals surface area (Å²) < 4.78 is 40.4. The van der Waals surface area contributed by atoms with Crippen molar-refractivity contribution >= 4 is 34.3 Å². The standard InChI is InChI=1S/C19H17F3N2OS/c1-24-15-9-4-3-8-14(15)18(26-2)16(24)11-17(25)23-13-7-5-6-12(10-13)19(20,21)22/h3-10H,11H2,1-2H3,(H,23,25). The zero-order chi connectivity index (χ0) is 18.9. The van der Waals surface area contributed by atoms with Crippen LogP contribution in [0, 0.1) is 0 Å². The van der Waals surface area contributed by atoms with E-state index in [1.54, 1.807) is 11.8 Å². The van der Waals surface area contributed by atoms with Gasteiger partial charge in [-0.2, -0.15) is 13.2 Å². The molecule has 0 saturated heterocycles. The van der Waals surface area contributed by atoms with Gasteiger partial charge in [0.05, 0.1) is 12.0 Å². The lowest BCUT2D eigenvalue weighted by Gasteiger charge is -2.11. The Hall–Kier alpha value is -2.41. The van der Waals surface area contributed by atoms with E-state index in [0.717, 1.165) is 33.6 Å². The van der Waals surface area contributed by atoms with E-state index in [1.807, 2.05) is 42.1 Å². The maximum atomic E-state index is 12.8. The molecule has 0 aliphatic carbocycles. The second-order valence-electron chi connectivity index (χ2n) is 5.86. The maximum absolute atomic E-state index is 12.8. The zero-order valence-corrected chi connectivity index (χ0v) is 15.0. The Balaban J connectivity index is 1.85. The van der Waals surface area contributed by atoms with Crippen LogP contribution in [0.1, 0.15) is 11.3 Å². The summed E-state index contributed by atoms with van der Waals surface area (Å²) >= 11 is 1.55. The lowest BCUT2D eigenvalue weighted by molar-refractivity contribution is -0.137. The van der Waals surface area contributed by atoms with Gasteiger partial charge in [0.25, 0.3) is 0 Å². The number of thioether (sulfide) groups is 1. The number of amides is 1. The van der Waals surface area contributed by atoms with Gasteiger partial charge in [0.1, 0.15) is 0 Å². The number of carbonyl (C=O) groups excluding carboxylic acids is 1. The first-order chi connectivity index (χ1) is 12.3. The fraction of sp³-hybridized carbons (Fsp3) is 0.211. The molecule has 0 aliphatic heterocycles. The molecule has 0 fully saturated rings. The van der Waals surface area contributed by atoms with Gasteiger partial charge in [-0.25, -0.2) is 0 Å². The van der Waals surface area contributed by atoms with E-state index in [-0.39, 0.29) is 18.0 Å². The first kappa shape index (κ1) is 18.4. The second-order valence-corrected chi connectivity index (χ2v) is 6.68. The van der Waals surface area contributed by atoms with Gasteiger partial charge in [0.2, 0.25) is 5.91 Å². The van der Waals surface area contributed by atoms with Crippen molar-refractivity contribution < 1.29 is 18.0 Å². The van der Waals surface area contributed by atoms with E-state index in [4.69, 9.17) is 0 Å². The van der Waals surface area contributed by atoms with Gasteiger partial charge in [-0.05, 0) is 30.5 Å². The molecule has 3 nitrogen and oxygen atoms in total. The van der Waals surface area contributed by atoms with Crippen LogP contribution < -0.4 is 5.32 Å². The van der Waals surface area contributed by atoms with Crippen LogP contribution in [-0.2, 0) is 24.4 Å². The molecule has 7 heteroatoms. The Bertz CT molecular complexity index is 963. The van der Waals surface area contributed by atoms with Crippen LogP contribution in [0.4, 0.5) is 18.9 Å². The fourth-order valence-corrected chi connectivity index (χ4v) is 3.81. The van der Waals surface area contributed by atoms with Crippen molar-refractivity contribution in [3.63, 3.8) is 0 Å². The van der Waals surface area contributed by atoms with Gasteiger partial charge in [0.15, 0.2) is 0 Å². The van der Waals surface area contributed by atoms with Crippen LogP contribution in [0.25, 0.3) is 10.9 Å². The highest BCUT2D eigenvalue weighted by Crippen LogP contribution is 2.33. The number of aromatic nitrogens is 1. The van der Waals surface area contributed by atoms with Crippen LogP contribution in [0.15, 0.2) is 53.4 Å². The minimum Gasteiger partial charge on any atom is -0.346 e. The molecule has 1 amide bonds. The highest BCUT2D eigenvalue weighted by Gasteiger charge is 2.30. The molecule has 0 saturated carbocycles. The molecular weight excluding hydrogens is 361 g/mol. The van der Waals surface area contributed by atoms with Crippen molar-refractivity contribution in [3.8, 4) is 0 Å². The minimum atomic E-state index is -4.44. The van der Waals surface area contributed by atoms with Crippen molar-refractivity contribution in [3.05, 3.63) is 59.8 Å². The summed E-state index contributed by atoms with van der Waals surface area (Å²) in [6, 6.07) is 12.5. The molecule has 3 aromatic rings. The van der Waals surface area contributed by atoms with Crippen molar-refractivity contribution in [2.75, 3.05) is 11.6 Å². The number of halogens is 3. The Morgan fingerprint density at radius 2 is 1.88 bits per heavy atom. The number of alkyl halides is 3. The number of para-hydroxylation sites is 1. The van der Waals surface area contributed by atoms with Crippen LogP contribution in [-0.4, -0.2) is 16.7 Å². The van der Waals surface area contributed by atoms with Crippen molar-refractivity contribution in [2.24, 2.45) is 7.05 Å². The predicted octanol–water partition coefficient (Wildman–Crippen LogP) is 5.10. The summed E-state index contributed by atoms with van der Waals surface area (Å²) in [6.07, 6.45) is -2.42. The molecule has 0 radical (unpaired) electrons. The topological polar surface area (TPSA) is 34.0 Å². The quantitative estimate of drug-likeness (QED) is 0.641. The second kappa shape index (κ2) is 7.07. The summed E-state index contributed by atoms with van der Waals surface area (Å²) in [6.45, 7) is 0. The van der Waals surface area contributed by atoms with Crippen LogP contribution in [0.2, 0.25) is 0 Å². The average molecular weight is 378 g/mol. The third-order valence-corrected chi connectivity index (χ3v) is 5.05. The summed E-state index contributed by atoms with van der Waals surface area (Å²) in [4.78, 5) is 13.4. The van der Waals surface area contributed by atoms with E-state index in [9.17, 15) is 18.0 Å². The Kier molecular flexibility index (Phi) is 5.00.